The summed E-state index contributed by atoms with van der Waals surface area (Å²) < 4.78 is 0. The van der Waals surface area contributed by atoms with E-state index in [9.17, 15) is 0 Å². The monoisotopic (exact) mass is 372 g/mol. The molecule has 146 valence electrons. The van der Waals surface area contributed by atoms with Crippen molar-refractivity contribution >= 4 is 11.4 Å². The fraction of sp³-hybridized carbons (Fsp3) is 0.538. The van der Waals surface area contributed by atoms with Crippen LogP contribution >= 0.6 is 0 Å². The molecule has 6 rings (SSSR count). The molecular formula is C26H32N2. The van der Waals surface area contributed by atoms with Crippen molar-refractivity contribution < 1.29 is 0 Å². The Morgan fingerprint density at radius 3 is 2.68 bits per heavy atom. The molecule has 3 aliphatic carbocycles. The second-order valence-corrected chi connectivity index (χ2v) is 9.83. The Labute approximate surface area is 169 Å². The molecule has 2 saturated carbocycles. The lowest BCUT2D eigenvalue weighted by molar-refractivity contribution is -0.0133. The van der Waals surface area contributed by atoms with Crippen LogP contribution in [0.4, 0.5) is 11.4 Å². The van der Waals surface area contributed by atoms with E-state index in [2.05, 4.69) is 58.7 Å². The lowest BCUT2D eigenvalue weighted by Crippen LogP contribution is -2.61. The van der Waals surface area contributed by atoms with Crippen LogP contribution in [0.3, 0.4) is 0 Å². The molecule has 1 N–H and O–H groups in total. The van der Waals surface area contributed by atoms with Crippen molar-refractivity contribution in [1.82, 2.24) is 4.90 Å². The highest BCUT2D eigenvalue weighted by Crippen LogP contribution is 2.56. The van der Waals surface area contributed by atoms with Crippen molar-refractivity contribution in [3.05, 3.63) is 59.7 Å². The van der Waals surface area contributed by atoms with Gasteiger partial charge in [0.25, 0.3) is 0 Å². The quantitative estimate of drug-likeness (QED) is 0.719. The molecule has 1 saturated heterocycles. The van der Waals surface area contributed by atoms with E-state index in [1.54, 1.807) is 11.1 Å². The molecular weight excluding hydrogens is 340 g/mol. The van der Waals surface area contributed by atoms with Gasteiger partial charge in [-0.15, -0.1) is 0 Å². The van der Waals surface area contributed by atoms with E-state index in [0.29, 0.717) is 5.41 Å². The Bertz CT molecular complexity index is 856. The second kappa shape index (κ2) is 6.62. The second-order valence-electron chi connectivity index (χ2n) is 9.83. The Morgan fingerprint density at radius 2 is 1.82 bits per heavy atom. The van der Waals surface area contributed by atoms with Crippen molar-refractivity contribution in [2.24, 2.45) is 11.8 Å². The molecule has 2 aromatic carbocycles. The Hall–Kier alpha value is -1.80. The summed E-state index contributed by atoms with van der Waals surface area (Å²) in [5.74, 6) is 1.89. The van der Waals surface area contributed by atoms with Crippen LogP contribution in [-0.2, 0) is 11.8 Å². The third-order valence-electron chi connectivity index (χ3n) is 8.20. The highest BCUT2D eigenvalue weighted by Gasteiger charge is 2.54. The molecule has 2 nitrogen and oxygen atoms in total. The third kappa shape index (κ3) is 2.80. The van der Waals surface area contributed by atoms with Crippen molar-refractivity contribution in [3.63, 3.8) is 0 Å². The molecule has 0 aromatic heterocycles. The van der Waals surface area contributed by atoms with Gasteiger partial charge in [0.05, 0.1) is 0 Å². The van der Waals surface area contributed by atoms with E-state index in [4.69, 9.17) is 0 Å². The lowest BCUT2D eigenvalue weighted by atomic mass is 9.52. The first-order chi connectivity index (χ1) is 13.8. The van der Waals surface area contributed by atoms with Crippen LogP contribution < -0.4 is 5.32 Å². The molecule has 1 heterocycles. The Balaban J connectivity index is 1.36. The fourth-order valence-corrected chi connectivity index (χ4v) is 6.71. The van der Waals surface area contributed by atoms with Crippen molar-refractivity contribution in [2.45, 2.75) is 62.8 Å². The van der Waals surface area contributed by atoms with Gasteiger partial charge in [0.15, 0.2) is 0 Å². The zero-order valence-electron chi connectivity index (χ0n) is 16.9. The van der Waals surface area contributed by atoms with Crippen molar-refractivity contribution in [1.29, 1.82) is 0 Å². The van der Waals surface area contributed by atoms with Crippen molar-refractivity contribution in [3.8, 4) is 0 Å². The Morgan fingerprint density at radius 1 is 0.929 bits per heavy atom. The first-order valence-corrected chi connectivity index (χ1v) is 11.5. The van der Waals surface area contributed by atoms with Gasteiger partial charge in [-0.05, 0) is 92.3 Å². The van der Waals surface area contributed by atoms with Crippen LogP contribution in [0.15, 0.2) is 48.5 Å². The molecule has 2 heteroatoms. The van der Waals surface area contributed by atoms with E-state index in [1.165, 1.54) is 75.8 Å². The number of benzene rings is 2. The average Bonchev–Trinajstić information content (AvgIpc) is 3.55. The summed E-state index contributed by atoms with van der Waals surface area (Å²) in [6, 6.07) is 18.7. The third-order valence-corrected chi connectivity index (χ3v) is 8.20. The highest BCUT2D eigenvalue weighted by molar-refractivity contribution is 5.62. The highest BCUT2D eigenvalue weighted by atomic mass is 15.2. The number of hydrogen-bond donors (Lipinski definition) is 1. The van der Waals surface area contributed by atoms with Gasteiger partial charge in [-0.3, -0.25) is 4.90 Å². The van der Waals surface area contributed by atoms with Crippen molar-refractivity contribution in [2.75, 3.05) is 18.4 Å². The largest absolute Gasteiger partial charge is 0.356 e. The summed E-state index contributed by atoms with van der Waals surface area (Å²) in [4.78, 5) is 2.91. The van der Waals surface area contributed by atoms with Gasteiger partial charge in [0, 0.05) is 29.4 Å². The smallest absolute Gasteiger partial charge is 0.0387 e. The van der Waals surface area contributed by atoms with E-state index < -0.39 is 0 Å². The number of nitrogens with one attached hydrogen (secondary N) is 1. The van der Waals surface area contributed by atoms with Gasteiger partial charge >= 0.3 is 0 Å². The summed E-state index contributed by atoms with van der Waals surface area (Å²) in [5.41, 5.74) is 6.24. The van der Waals surface area contributed by atoms with E-state index in [0.717, 1.165) is 17.9 Å². The number of anilines is 2. The van der Waals surface area contributed by atoms with Crippen LogP contribution in [0.5, 0.6) is 0 Å². The summed E-state index contributed by atoms with van der Waals surface area (Å²) in [7, 11) is 0. The number of likely N-dealkylation sites (tertiary alicyclic amines) is 1. The maximum Gasteiger partial charge on any atom is 0.0387 e. The van der Waals surface area contributed by atoms with Gasteiger partial charge < -0.3 is 5.32 Å². The normalized spacial score (nSPS) is 31.7. The summed E-state index contributed by atoms with van der Waals surface area (Å²) >= 11 is 0. The number of rotatable bonds is 4. The molecule has 1 aliphatic heterocycles. The molecule has 2 aromatic rings. The van der Waals surface area contributed by atoms with Crippen LogP contribution in [0.25, 0.3) is 0 Å². The minimum atomic E-state index is 0.449. The molecule has 3 fully saturated rings. The molecule has 0 unspecified atom stereocenters. The van der Waals surface area contributed by atoms with Gasteiger partial charge in [-0.1, -0.05) is 37.1 Å². The minimum absolute atomic E-state index is 0.449. The topological polar surface area (TPSA) is 15.3 Å². The molecule has 3 atom stereocenters. The first-order valence-electron chi connectivity index (χ1n) is 11.5. The summed E-state index contributed by atoms with van der Waals surface area (Å²) in [5, 5.41) is 3.65. The molecule has 0 spiro atoms. The SMILES string of the molecule is c1ccc(Nc2ccc3c(c2)[C@@]24CCCC[C@H]2[C@@H](C3)N(CC2CC2)CC4)cc1. The molecule has 2 bridgehead atoms. The zero-order chi connectivity index (χ0) is 18.6. The number of hydrogen-bond acceptors (Lipinski definition) is 2. The van der Waals surface area contributed by atoms with E-state index in [1.807, 2.05) is 0 Å². The number of para-hydroxylation sites is 1. The van der Waals surface area contributed by atoms with Gasteiger partial charge in [-0.25, -0.2) is 0 Å². The first kappa shape index (κ1) is 17.1. The van der Waals surface area contributed by atoms with Gasteiger partial charge in [0.1, 0.15) is 0 Å². The predicted molar refractivity (Wildman–Crippen MR) is 116 cm³/mol. The van der Waals surface area contributed by atoms with E-state index in [-0.39, 0.29) is 0 Å². The molecule has 28 heavy (non-hydrogen) atoms. The fourth-order valence-electron chi connectivity index (χ4n) is 6.71. The minimum Gasteiger partial charge on any atom is -0.356 e. The zero-order valence-corrected chi connectivity index (χ0v) is 16.9. The van der Waals surface area contributed by atoms with Crippen LogP contribution in [0.2, 0.25) is 0 Å². The summed E-state index contributed by atoms with van der Waals surface area (Å²) in [6.45, 7) is 2.70. The number of nitrogens with zero attached hydrogens (tertiary/aromatic N) is 1. The van der Waals surface area contributed by atoms with E-state index >= 15 is 0 Å². The van der Waals surface area contributed by atoms with Crippen LogP contribution in [-0.4, -0.2) is 24.0 Å². The average molecular weight is 373 g/mol. The predicted octanol–water partition coefficient (Wildman–Crippen LogP) is 5.90. The van der Waals surface area contributed by atoms with Gasteiger partial charge in [-0.2, -0.15) is 0 Å². The number of fused-ring (bicyclic) bond motifs is 1. The maximum atomic E-state index is 3.65. The van der Waals surface area contributed by atoms with Crippen LogP contribution in [0, 0.1) is 11.8 Å². The lowest BCUT2D eigenvalue weighted by Gasteiger charge is -2.59. The Kier molecular flexibility index (Phi) is 4.04. The molecule has 0 radical (unpaired) electrons. The number of piperidine rings is 1. The summed E-state index contributed by atoms with van der Waals surface area (Å²) in [6.07, 6.45) is 11.3. The van der Waals surface area contributed by atoms with Crippen LogP contribution in [0.1, 0.15) is 56.1 Å². The maximum absolute atomic E-state index is 3.65. The molecule has 0 amide bonds. The standard InChI is InChI=1S/C26H32N2/c1-2-6-21(7-3-1)27-22-12-11-20-16-25-23-8-4-5-13-26(23,24(20)17-22)14-15-28(25)18-19-9-10-19/h1-3,6-7,11-12,17,19,23,25,27H,4-5,8-10,13-16,18H2/t23-,25+,26+/m0/s1. The van der Waals surface area contributed by atoms with Gasteiger partial charge in [0.2, 0.25) is 0 Å². The molecule has 4 aliphatic rings.